The second-order valence-electron chi connectivity index (χ2n) is 6.13. The minimum absolute atomic E-state index is 0. The first-order chi connectivity index (χ1) is 12.7. The van der Waals surface area contributed by atoms with Crippen LogP contribution in [0.1, 0.15) is 36.0 Å². The zero-order valence-corrected chi connectivity index (χ0v) is 19.6. The molecule has 0 radical (unpaired) electrons. The van der Waals surface area contributed by atoms with Crippen molar-refractivity contribution in [3.05, 3.63) is 45.9 Å². The minimum Gasteiger partial charge on any atom is -0.494 e. The molecule has 5 nitrogen and oxygen atoms in total. The second-order valence-corrected chi connectivity index (χ2v) is 7.19. The van der Waals surface area contributed by atoms with Gasteiger partial charge in [-0.05, 0) is 37.5 Å². The maximum Gasteiger partial charge on any atom is 0.190 e. The van der Waals surface area contributed by atoms with E-state index in [2.05, 4.69) is 45.0 Å². The number of ether oxygens (including phenoxy) is 1. The van der Waals surface area contributed by atoms with E-state index in [1.165, 1.54) is 5.56 Å². The molecule has 0 amide bonds. The molecule has 0 saturated heterocycles. The monoisotopic (exact) mass is 502 g/mol. The van der Waals surface area contributed by atoms with Gasteiger partial charge in [-0.15, -0.1) is 35.3 Å². The van der Waals surface area contributed by atoms with Gasteiger partial charge in [-0.2, -0.15) is 0 Å². The van der Waals surface area contributed by atoms with E-state index in [0.717, 1.165) is 67.8 Å². The Morgan fingerprint density at radius 3 is 2.44 bits per heavy atom. The fraction of sp³-hybridized carbons (Fsp3) is 0.500. The predicted octanol–water partition coefficient (Wildman–Crippen LogP) is 4.20. The van der Waals surface area contributed by atoms with Gasteiger partial charge < -0.3 is 15.4 Å². The van der Waals surface area contributed by atoms with Crippen molar-refractivity contribution in [1.29, 1.82) is 0 Å². The molecule has 0 bridgehead atoms. The zero-order chi connectivity index (χ0) is 18.6. The minimum atomic E-state index is 0. The van der Waals surface area contributed by atoms with Gasteiger partial charge in [0.05, 0.1) is 17.3 Å². The molecule has 0 aliphatic carbocycles. The predicted molar refractivity (Wildman–Crippen MR) is 126 cm³/mol. The largest absolute Gasteiger partial charge is 0.494 e. The van der Waals surface area contributed by atoms with Gasteiger partial charge in [-0.3, -0.25) is 4.99 Å². The number of aliphatic imine (C=N–C) groups is 1. The van der Waals surface area contributed by atoms with Crippen LogP contribution in [0, 0.1) is 6.92 Å². The molecule has 2 aromatic rings. The molecule has 1 heterocycles. The number of aryl methyl sites for hydroxylation is 1. The number of halogens is 1. The van der Waals surface area contributed by atoms with Crippen LogP contribution in [0.5, 0.6) is 5.75 Å². The molecule has 1 aromatic carbocycles. The van der Waals surface area contributed by atoms with E-state index in [4.69, 9.17) is 4.74 Å². The number of aromatic nitrogens is 1. The van der Waals surface area contributed by atoms with E-state index in [1.54, 1.807) is 18.4 Å². The Kier molecular flexibility index (Phi) is 12.1. The summed E-state index contributed by atoms with van der Waals surface area (Å²) >= 11 is 1.69. The molecular formula is C20H31IN4OS. The molecule has 0 spiro atoms. The number of hydrogen-bond donors (Lipinski definition) is 2. The molecule has 150 valence electrons. The normalized spacial score (nSPS) is 11.0. The van der Waals surface area contributed by atoms with Crippen LogP contribution in [0.15, 0.2) is 34.6 Å². The SMILES string of the molecule is CCCCOc1ccc(CCNC(=NC)NCCc2csc(C)n2)cc1.I. The Labute approximate surface area is 184 Å². The highest BCUT2D eigenvalue weighted by Gasteiger charge is 2.01. The summed E-state index contributed by atoms with van der Waals surface area (Å²) in [5, 5.41) is 9.92. The molecular weight excluding hydrogens is 471 g/mol. The molecule has 2 rings (SSSR count). The molecule has 2 N–H and O–H groups in total. The van der Waals surface area contributed by atoms with Gasteiger partial charge in [-0.1, -0.05) is 25.5 Å². The first-order valence-electron chi connectivity index (χ1n) is 9.28. The van der Waals surface area contributed by atoms with E-state index >= 15 is 0 Å². The molecule has 0 saturated carbocycles. The fourth-order valence-electron chi connectivity index (χ4n) is 2.46. The molecule has 0 aliphatic rings. The van der Waals surface area contributed by atoms with Gasteiger partial charge in [0.25, 0.3) is 0 Å². The maximum absolute atomic E-state index is 5.69. The number of rotatable bonds is 10. The van der Waals surface area contributed by atoms with Crippen LogP contribution >= 0.6 is 35.3 Å². The lowest BCUT2D eigenvalue weighted by molar-refractivity contribution is 0.309. The van der Waals surface area contributed by atoms with E-state index < -0.39 is 0 Å². The van der Waals surface area contributed by atoms with E-state index in [1.807, 2.05) is 19.1 Å². The third-order valence-electron chi connectivity index (χ3n) is 3.96. The Morgan fingerprint density at radius 2 is 1.85 bits per heavy atom. The van der Waals surface area contributed by atoms with Gasteiger partial charge in [0, 0.05) is 31.9 Å². The summed E-state index contributed by atoms with van der Waals surface area (Å²) in [6.45, 7) is 6.66. The summed E-state index contributed by atoms with van der Waals surface area (Å²) in [4.78, 5) is 8.74. The Bertz CT molecular complexity index is 673. The lowest BCUT2D eigenvalue weighted by Crippen LogP contribution is -2.39. The van der Waals surface area contributed by atoms with Gasteiger partial charge in [-0.25, -0.2) is 4.98 Å². The molecule has 7 heteroatoms. The highest BCUT2D eigenvalue weighted by atomic mass is 127. The zero-order valence-electron chi connectivity index (χ0n) is 16.5. The smallest absolute Gasteiger partial charge is 0.190 e. The summed E-state index contributed by atoms with van der Waals surface area (Å²) < 4.78 is 5.69. The quantitative estimate of drug-likeness (QED) is 0.221. The van der Waals surface area contributed by atoms with Crippen LogP contribution in [-0.4, -0.2) is 37.7 Å². The average molecular weight is 502 g/mol. The van der Waals surface area contributed by atoms with Crippen molar-refractivity contribution in [2.24, 2.45) is 4.99 Å². The number of benzene rings is 1. The maximum atomic E-state index is 5.69. The molecule has 27 heavy (non-hydrogen) atoms. The van der Waals surface area contributed by atoms with E-state index in [0.29, 0.717) is 0 Å². The van der Waals surface area contributed by atoms with Crippen LogP contribution < -0.4 is 15.4 Å². The summed E-state index contributed by atoms with van der Waals surface area (Å²) in [6.07, 6.45) is 4.11. The lowest BCUT2D eigenvalue weighted by atomic mass is 10.1. The number of thiazole rings is 1. The number of guanidine groups is 1. The molecule has 0 atom stereocenters. The number of nitrogens with one attached hydrogen (secondary N) is 2. The van der Waals surface area contributed by atoms with Crippen LogP contribution in [0.4, 0.5) is 0 Å². The van der Waals surface area contributed by atoms with Crippen molar-refractivity contribution in [3.8, 4) is 5.75 Å². The number of hydrogen-bond acceptors (Lipinski definition) is 4. The van der Waals surface area contributed by atoms with E-state index in [9.17, 15) is 0 Å². The van der Waals surface area contributed by atoms with Crippen LogP contribution in [0.25, 0.3) is 0 Å². The van der Waals surface area contributed by atoms with Crippen molar-refractivity contribution in [1.82, 2.24) is 15.6 Å². The molecule has 0 aliphatic heterocycles. The van der Waals surface area contributed by atoms with Crippen molar-refractivity contribution in [3.63, 3.8) is 0 Å². The summed E-state index contributed by atoms with van der Waals surface area (Å²) in [5.41, 5.74) is 2.42. The topological polar surface area (TPSA) is 58.5 Å². The number of nitrogens with zero attached hydrogens (tertiary/aromatic N) is 2. The van der Waals surface area contributed by atoms with E-state index in [-0.39, 0.29) is 24.0 Å². The average Bonchev–Trinajstić information content (AvgIpc) is 3.07. The van der Waals surface area contributed by atoms with Gasteiger partial charge >= 0.3 is 0 Å². The molecule has 0 fully saturated rings. The Balaban J connectivity index is 0.00000364. The fourth-order valence-corrected chi connectivity index (χ4v) is 3.11. The van der Waals surface area contributed by atoms with Crippen molar-refractivity contribution < 1.29 is 4.74 Å². The van der Waals surface area contributed by atoms with Crippen LogP contribution in [0.3, 0.4) is 0 Å². The van der Waals surface area contributed by atoms with Gasteiger partial charge in [0.15, 0.2) is 5.96 Å². The van der Waals surface area contributed by atoms with Crippen LogP contribution in [-0.2, 0) is 12.8 Å². The first-order valence-corrected chi connectivity index (χ1v) is 10.2. The lowest BCUT2D eigenvalue weighted by Gasteiger charge is -2.12. The standard InChI is InChI=1S/C20H30N4OS.HI/c1-4-5-14-25-19-8-6-17(7-9-19)10-12-22-20(21-3)23-13-11-18-15-26-16(2)24-18;/h6-9,15H,4-5,10-14H2,1-3H3,(H2,21,22,23);1H. The Hall–Kier alpha value is -1.35. The van der Waals surface area contributed by atoms with Crippen molar-refractivity contribution in [2.45, 2.75) is 39.5 Å². The summed E-state index contributed by atoms with van der Waals surface area (Å²) in [5.74, 6) is 1.78. The highest BCUT2D eigenvalue weighted by Crippen LogP contribution is 2.13. The van der Waals surface area contributed by atoms with Crippen molar-refractivity contribution in [2.75, 3.05) is 26.7 Å². The molecule has 0 unspecified atom stereocenters. The molecule has 1 aromatic heterocycles. The summed E-state index contributed by atoms with van der Waals surface area (Å²) in [6, 6.07) is 8.36. The van der Waals surface area contributed by atoms with Gasteiger partial charge in [0.1, 0.15) is 5.75 Å². The second kappa shape index (κ2) is 13.8. The first kappa shape index (κ1) is 23.7. The summed E-state index contributed by atoms with van der Waals surface area (Å²) in [7, 11) is 1.80. The van der Waals surface area contributed by atoms with Crippen LogP contribution in [0.2, 0.25) is 0 Å². The number of unbranched alkanes of at least 4 members (excludes halogenated alkanes) is 1. The highest BCUT2D eigenvalue weighted by molar-refractivity contribution is 14.0. The van der Waals surface area contributed by atoms with Gasteiger partial charge in [0.2, 0.25) is 0 Å². The third kappa shape index (κ3) is 9.41. The Morgan fingerprint density at radius 1 is 1.15 bits per heavy atom. The van der Waals surface area contributed by atoms with Crippen molar-refractivity contribution >= 4 is 41.3 Å². The third-order valence-corrected chi connectivity index (χ3v) is 4.78.